The van der Waals surface area contributed by atoms with Crippen molar-refractivity contribution >= 4 is 11.9 Å². The summed E-state index contributed by atoms with van der Waals surface area (Å²) in [6.45, 7) is 1.75. The molecular weight excluding hydrogens is 260 g/mol. The summed E-state index contributed by atoms with van der Waals surface area (Å²) in [7, 11) is 0. The predicted molar refractivity (Wildman–Crippen MR) is 61.7 cm³/mol. The number of carboxylic acid groups (broad SMARTS) is 1. The van der Waals surface area contributed by atoms with E-state index < -0.39 is 41.2 Å². The summed E-state index contributed by atoms with van der Waals surface area (Å²) in [5.74, 6) is -4.30. The number of nitrogens with one attached hydrogen (secondary N) is 1. The SMILES string of the molecule is Cc1cc(C(=O)NCC(C)(O)C(=O)O)c(F)cc1F. The van der Waals surface area contributed by atoms with Crippen LogP contribution in [-0.2, 0) is 4.79 Å². The van der Waals surface area contributed by atoms with Gasteiger partial charge in [-0.3, -0.25) is 4.79 Å². The normalized spacial score (nSPS) is 13.7. The average Bonchev–Trinajstić information content (AvgIpc) is 2.30. The van der Waals surface area contributed by atoms with Gasteiger partial charge in [0.15, 0.2) is 5.60 Å². The van der Waals surface area contributed by atoms with E-state index in [-0.39, 0.29) is 5.56 Å². The van der Waals surface area contributed by atoms with Gasteiger partial charge in [0.2, 0.25) is 0 Å². The van der Waals surface area contributed by atoms with Gasteiger partial charge in [-0.15, -0.1) is 0 Å². The third kappa shape index (κ3) is 3.47. The van der Waals surface area contributed by atoms with Crippen molar-refractivity contribution in [1.82, 2.24) is 5.32 Å². The Balaban J connectivity index is 2.86. The van der Waals surface area contributed by atoms with E-state index in [1.807, 2.05) is 0 Å². The van der Waals surface area contributed by atoms with Crippen molar-refractivity contribution in [3.05, 3.63) is 34.9 Å². The second-order valence-electron chi connectivity index (χ2n) is 4.34. The predicted octanol–water partition coefficient (Wildman–Crippen LogP) is 0.839. The molecule has 7 heteroatoms. The van der Waals surface area contributed by atoms with Crippen molar-refractivity contribution in [3.8, 4) is 0 Å². The van der Waals surface area contributed by atoms with Crippen LogP contribution >= 0.6 is 0 Å². The number of benzene rings is 1. The Bertz CT molecular complexity index is 529. The molecule has 1 aromatic carbocycles. The van der Waals surface area contributed by atoms with E-state index in [9.17, 15) is 23.5 Å². The molecule has 0 bridgehead atoms. The van der Waals surface area contributed by atoms with E-state index in [0.29, 0.717) is 6.07 Å². The molecule has 1 atom stereocenters. The van der Waals surface area contributed by atoms with Gasteiger partial charge in [0.05, 0.1) is 12.1 Å². The molecule has 0 aliphatic carbocycles. The number of carboxylic acids is 1. The first-order valence-electron chi connectivity index (χ1n) is 5.35. The second kappa shape index (κ2) is 5.31. The lowest BCUT2D eigenvalue weighted by molar-refractivity contribution is -0.155. The zero-order valence-electron chi connectivity index (χ0n) is 10.3. The van der Waals surface area contributed by atoms with Crippen molar-refractivity contribution in [3.63, 3.8) is 0 Å². The molecule has 0 heterocycles. The fraction of sp³-hybridized carbons (Fsp3) is 0.333. The van der Waals surface area contributed by atoms with Crippen LogP contribution in [0, 0.1) is 18.6 Å². The molecule has 1 amide bonds. The largest absolute Gasteiger partial charge is 0.479 e. The van der Waals surface area contributed by atoms with Gasteiger partial charge in [0, 0.05) is 6.07 Å². The lowest BCUT2D eigenvalue weighted by Gasteiger charge is -2.18. The van der Waals surface area contributed by atoms with Crippen LogP contribution in [0.4, 0.5) is 8.78 Å². The second-order valence-corrected chi connectivity index (χ2v) is 4.34. The lowest BCUT2D eigenvalue weighted by Crippen LogP contribution is -2.46. The van der Waals surface area contributed by atoms with Crippen LogP contribution in [0.1, 0.15) is 22.8 Å². The van der Waals surface area contributed by atoms with Crippen molar-refractivity contribution in [2.45, 2.75) is 19.4 Å². The standard InChI is InChI=1S/C12H13F2NO4/c1-6-3-7(9(14)4-8(6)13)10(16)15-5-12(2,19)11(17)18/h3-4,19H,5H2,1-2H3,(H,15,16)(H,17,18). The first-order valence-corrected chi connectivity index (χ1v) is 5.35. The van der Waals surface area contributed by atoms with E-state index in [2.05, 4.69) is 5.32 Å². The summed E-state index contributed by atoms with van der Waals surface area (Å²) in [6.07, 6.45) is 0. The Morgan fingerprint density at radius 3 is 2.42 bits per heavy atom. The van der Waals surface area contributed by atoms with Crippen molar-refractivity contribution < 1.29 is 28.6 Å². The summed E-state index contributed by atoms with van der Waals surface area (Å²) in [4.78, 5) is 22.2. The number of aryl methyl sites for hydroxylation is 1. The maximum absolute atomic E-state index is 13.4. The van der Waals surface area contributed by atoms with Crippen molar-refractivity contribution in [2.75, 3.05) is 6.54 Å². The Labute approximate surface area is 107 Å². The zero-order valence-corrected chi connectivity index (χ0v) is 10.3. The maximum Gasteiger partial charge on any atom is 0.337 e. The molecule has 3 N–H and O–H groups in total. The number of amides is 1. The Hall–Kier alpha value is -2.02. The molecule has 0 aromatic heterocycles. The molecule has 0 aliphatic rings. The van der Waals surface area contributed by atoms with Gasteiger partial charge in [0.25, 0.3) is 5.91 Å². The summed E-state index contributed by atoms with van der Waals surface area (Å²) in [6, 6.07) is 1.58. The highest BCUT2D eigenvalue weighted by Gasteiger charge is 2.30. The van der Waals surface area contributed by atoms with E-state index in [4.69, 9.17) is 5.11 Å². The fourth-order valence-electron chi connectivity index (χ4n) is 1.25. The molecule has 0 saturated carbocycles. The number of carbonyl (C=O) groups excluding carboxylic acids is 1. The van der Waals surface area contributed by atoms with Crippen LogP contribution in [-0.4, -0.2) is 34.2 Å². The topological polar surface area (TPSA) is 86.6 Å². The molecule has 1 rings (SSSR count). The number of rotatable bonds is 4. The van der Waals surface area contributed by atoms with Gasteiger partial charge >= 0.3 is 5.97 Å². The molecule has 1 unspecified atom stereocenters. The number of halogens is 2. The smallest absolute Gasteiger partial charge is 0.337 e. The zero-order chi connectivity index (χ0) is 14.8. The maximum atomic E-state index is 13.4. The number of hydrogen-bond donors (Lipinski definition) is 3. The van der Waals surface area contributed by atoms with Crippen molar-refractivity contribution in [2.24, 2.45) is 0 Å². The Kier molecular flexibility index (Phi) is 4.21. The van der Waals surface area contributed by atoms with Gasteiger partial charge in [0.1, 0.15) is 11.6 Å². The number of hydrogen-bond acceptors (Lipinski definition) is 3. The molecule has 0 saturated heterocycles. The molecular formula is C12H13F2NO4. The molecule has 1 aromatic rings. The Morgan fingerprint density at radius 1 is 1.32 bits per heavy atom. The Morgan fingerprint density at radius 2 is 1.89 bits per heavy atom. The van der Waals surface area contributed by atoms with Gasteiger partial charge in [-0.2, -0.15) is 0 Å². The van der Waals surface area contributed by atoms with Crippen LogP contribution < -0.4 is 5.32 Å². The first kappa shape index (κ1) is 15.0. The third-order valence-electron chi connectivity index (χ3n) is 2.55. The summed E-state index contributed by atoms with van der Waals surface area (Å²) in [5, 5.41) is 20.1. The van der Waals surface area contributed by atoms with Gasteiger partial charge in [-0.05, 0) is 25.5 Å². The first-order chi connectivity index (χ1) is 8.65. The molecule has 19 heavy (non-hydrogen) atoms. The molecule has 0 aliphatic heterocycles. The number of carbonyl (C=O) groups is 2. The summed E-state index contributed by atoms with van der Waals surface area (Å²) >= 11 is 0. The van der Waals surface area contributed by atoms with E-state index in [0.717, 1.165) is 13.0 Å². The molecule has 5 nitrogen and oxygen atoms in total. The highest BCUT2D eigenvalue weighted by molar-refractivity contribution is 5.95. The summed E-state index contributed by atoms with van der Waals surface area (Å²) < 4.78 is 26.4. The van der Waals surface area contributed by atoms with E-state index in [1.54, 1.807) is 0 Å². The van der Waals surface area contributed by atoms with Gasteiger partial charge in [-0.1, -0.05) is 0 Å². The highest BCUT2D eigenvalue weighted by Crippen LogP contribution is 2.14. The minimum Gasteiger partial charge on any atom is -0.479 e. The quantitative estimate of drug-likeness (QED) is 0.758. The average molecular weight is 273 g/mol. The van der Waals surface area contributed by atoms with Crippen molar-refractivity contribution in [1.29, 1.82) is 0 Å². The third-order valence-corrected chi connectivity index (χ3v) is 2.55. The van der Waals surface area contributed by atoms with Crippen LogP contribution in [0.25, 0.3) is 0 Å². The van der Waals surface area contributed by atoms with Gasteiger partial charge in [-0.25, -0.2) is 13.6 Å². The number of aliphatic carboxylic acids is 1. The minimum atomic E-state index is -2.17. The minimum absolute atomic E-state index is 0.0801. The molecule has 0 radical (unpaired) electrons. The van der Waals surface area contributed by atoms with Crippen LogP contribution in [0.15, 0.2) is 12.1 Å². The molecule has 0 fully saturated rings. The van der Waals surface area contributed by atoms with E-state index >= 15 is 0 Å². The van der Waals surface area contributed by atoms with Crippen LogP contribution in [0.5, 0.6) is 0 Å². The lowest BCUT2D eigenvalue weighted by atomic mass is 10.1. The molecule has 0 spiro atoms. The van der Waals surface area contributed by atoms with Crippen LogP contribution in [0.3, 0.4) is 0 Å². The molecule has 104 valence electrons. The summed E-state index contributed by atoms with van der Waals surface area (Å²) in [5.41, 5.74) is -2.50. The van der Waals surface area contributed by atoms with Crippen LogP contribution in [0.2, 0.25) is 0 Å². The van der Waals surface area contributed by atoms with E-state index in [1.165, 1.54) is 6.92 Å². The van der Waals surface area contributed by atoms with Gasteiger partial charge < -0.3 is 15.5 Å². The number of aliphatic hydroxyl groups is 1. The highest BCUT2D eigenvalue weighted by atomic mass is 19.1. The fourth-order valence-corrected chi connectivity index (χ4v) is 1.25. The monoisotopic (exact) mass is 273 g/mol.